The van der Waals surface area contributed by atoms with Gasteiger partial charge in [0.05, 0.1) is 23.9 Å². The van der Waals surface area contributed by atoms with Gasteiger partial charge in [0.15, 0.2) is 0 Å². The molecule has 0 radical (unpaired) electrons. The minimum Gasteiger partial charge on any atom is -0.325 e. The van der Waals surface area contributed by atoms with Crippen LogP contribution in [-0.2, 0) is 6.54 Å². The Morgan fingerprint density at radius 3 is 2.75 bits per heavy atom. The highest BCUT2D eigenvalue weighted by Crippen LogP contribution is 2.20. The lowest BCUT2D eigenvalue weighted by molar-refractivity contribution is 0.839. The molecule has 0 aliphatic carbocycles. The zero-order chi connectivity index (χ0) is 11.7. The van der Waals surface area contributed by atoms with E-state index in [-0.39, 0.29) is 0 Å². The maximum absolute atomic E-state index is 5.91. The van der Waals surface area contributed by atoms with E-state index in [4.69, 9.17) is 23.2 Å². The second-order valence-electron chi connectivity index (χ2n) is 3.85. The van der Waals surface area contributed by atoms with Crippen LogP contribution < -0.4 is 0 Å². The quantitative estimate of drug-likeness (QED) is 0.793. The maximum atomic E-state index is 5.91. The number of fused-ring (bicyclic) bond motifs is 1. The Balaban J connectivity index is 2.52. The zero-order valence-electron chi connectivity index (χ0n) is 9.17. The smallest absolute Gasteiger partial charge is 0.0961 e. The third kappa shape index (κ3) is 2.08. The van der Waals surface area contributed by atoms with Crippen LogP contribution in [-0.4, -0.2) is 9.55 Å². The van der Waals surface area contributed by atoms with Gasteiger partial charge in [-0.05, 0) is 37.1 Å². The summed E-state index contributed by atoms with van der Waals surface area (Å²) >= 11 is 11.5. The van der Waals surface area contributed by atoms with Gasteiger partial charge in [0.1, 0.15) is 0 Å². The summed E-state index contributed by atoms with van der Waals surface area (Å²) in [5.74, 6) is 0. The highest BCUT2D eigenvalue weighted by atomic mass is 35.5. The SMILES string of the molecule is Cc1cc2ncn(C/C(Cl)=C/Cl)c2cc1C. The number of allylic oxidation sites excluding steroid dienone is 1. The van der Waals surface area contributed by atoms with Crippen molar-refractivity contribution in [2.75, 3.05) is 0 Å². The molecule has 2 nitrogen and oxygen atoms in total. The summed E-state index contributed by atoms with van der Waals surface area (Å²) in [6, 6.07) is 4.20. The van der Waals surface area contributed by atoms with Gasteiger partial charge in [0, 0.05) is 10.6 Å². The highest BCUT2D eigenvalue weighted by Gasteiger charge is 2.05. The number of benzene rings is 1. The molecule has 0 N–H and O–H groups in total. The zero-order valence-corrected chi connectivity index (χ0v) is 10.7. The van der Waals surface area contributed by atoms with Crippen molar-refractivity contribution in [3.63, 3.8) is 0 Å². The molecule has 1 heterocycles. The number of hydrogen-bond acceptors (Lipinski definition) is 1. The van der Waals surface area contributed by atoms with Gasteiger partial charge in [0.25, 0.3) is 0 Å². The summed E-state index contributed by atoms with van der Waals surface area (Å²) in [6.07, 6.45) is 1.78. The Morgan fingerprint density at radius 1 is 1.38 bits per heavy atom. The molecule has 0 amide bonds. The van der Waals surface area contributed by atoms with Gasteiger partial charge < -0.3 is 4.57 Å². The number of rotatable bonds is 2. The first kappa shape index (κ1) is 11.5. The molecule has 16 heavy (non-hydrogen) atoms. The average molecular weight is 255 g/mol. The first-order valence-electron chi connectivity index (χ1n) is 4.98. The van der Waals surface area contributed by atoms with Crippen LogP contribution >= 0.6 is 23.2 Å². The van der Waals surface area contributed by atoms with E-state index in [9.17, 15) is 0 Å². The second-order valence-corrected chi connectivity index (χ2v) is 4.56. The highest BCUT2D eigenvalue weighted by molar-refractivity contribution is 6.36. The lowest BCUT2D eigenvalue weighted by Crippen LogP contribution is -1.96. The largest absolute Gasteiger partial charge is 0.325 e. The van der Waals surface area contributed by atoms with Gasteiger partial charge >= 0.3 is 0 Å². The predicted octanol–water partition coefficient (Wildman–Crippen LogP) is 3.97. The van der Waals surface area contributed by atoms with Crippen LogP contribution in [0.5, 0.6) is 0 Å². The molecule has 84 valence electrons. The van der Waals surface area contributed by atoms with Crippen LogP contribution in [0.2, 0.25) is 0 Å². The van der Waals surface area contributed by atoms with Crippen LogP contribution in [0.25, 0.3) is 11.0 Å². The molecule has 4 heteroatoms. The molecule has 1 aromatic carbocycles. The third-order valence-corrected chi connectivity index (χ3v) is 3.28. The van der Waals surface area contributed by atoms with Crippen molar-refractivity contribution >= 4 is 34.2 Å². The molecule has 0 bridgehead atoms. The van der Waals surface area contributed by atoms with Gasteiger partial charge in [-0.2, -0.15) is 0 Å². The first-order chi connectivity index (χ1) is 7.61. The number of nitrogens with zero attached hydrogens (tertiary/aromatic N) is 2. The van der Waals surface area contributed by atoms with Crippen LogP contribution in [0.1, 0.15) is 11.1 Å². The Labute approximate surface area is 104 Å². The lowest BCUT2D eigenvalue weighted by atomic mass is 10.1. The van der Waals surface area contributed by atoms with Crippen LogP contribution in [0.4, 0.5) is 0 Å². The minimum atomic E-state index is 0.560. The summed E-state index contributed by atoms with van der Waals surface area (Å²) in [7, 11) is 0. The van der Waals surface area contributed by atoms with E-state index in [0.717, 1.165) is 11.0 Å². The van der Waals surface area contributed by atoms with E-state index in [2.05, 4.69) is 31.0 Å². The molecule has 2 rings (SSSR count). The van der Waals surface area contributed by atoms with Crippen molar-refractivity contribution in [2.45, 2.75) is 20.4 Å². The summed E-state index contributed by atoms with van der Waals surface area (Å²) in [5.41, 5.74) is 5.95. The Kier molecular flexibility index (Phi) is 3.22. The molecular weight excluding hydrogens is 243 g/mol. The lowest BCUT2D eigenvalue weighted by Gasteiger charge is -2.04. The van der Waals surface area contributed by atoms with Crippen molar-refractivity contribution in [1.82, 2.24) is 9.55 Å². The van der Waals surface area contributed by atoms with E-state index in [1.54, 1.807) is 6.33 Å². The second kappa shape index (κ2) is 4.48. The van der Waals surface area contributed by atoms with E-state index < -0.39 is 0 Å². The van der Waals surface area contributed by atoms with E-state index in [1.807, 2.05) is 4.57 Å². The van der Waals surface area contributed by atoms with Gasteiger partial charge in [-0.1, -0.05) is 23.2 Å². The standard InChI is InChI=1S/C12H12Cl2N2/c1-8-3-11-12(4-9(8)2)16(7-15-11)6-10(14)5-13/h3-5,7H,6H2,1-2H3/b10-5-. The molecule has 2 aromatic rings. The average Bonchev–Trinajstić information content (AvgIpc) is 2.62. The number of hydrogen-bond donors (Lipinski definition) is 0. The Hall–Kier alpha value is -0.990. The molecule has 0 saturated carbocycles. The fourth-order valence-corrected chi connectivity index (χ4v) is 1.83. The van der Waals surface area contributed by atoms with Crippen molar-refractivity contribution < 1.29 is 0 Å². The summed E-state index contributed by atoms with van der Waals surface area (Å²) < 4.78 is 1.99. The van der Waals surface area contributed by atoms with E-state index in [0.29, 0.717) is 11.6 Å². The Bertz CT molecular complexity index is 555. The molecule has 0 saturated heterocycles. The van der Waals surface area contributed by atoms with E-state index in [1.165, 1.54) is 16.7 Å². The number of imidazole rings is 1. The van der Waals surface area contributed by atoms with Crippen LogP contribution in [0.15, 0.2) is 29.0 Å². The normalized spacial score (nSPS) is 12.4. The van der Waals surface area contributed by atoms with Gasteiger partial charge in [0.2, 0.25) is 0 Å². The van der Waals surface area contributed by atoms with Crippen molar-refractivity contribution in [1.29, 1.82) is 0 Å². The minimum absolute atomic E-state index is 0.560. The fraction of sp³-hybridized carbons (Fsp3) is 0.250. The molecule has 0 atom stereocenters. The number of aryl methyl sites for hydroxylation is 2. The van der Waals surface area contributed by atoms with Crippen molar-refractivity contribution in [2.24, 2.45) is 0 Å². The third-order valence-electron chi connectivity index (χ3n) is 2.68. The van der Waals surface area contributed by atoms with Crippen LogP contribution in [0, 0.1) is 13.8 Å². The van der Waals surface area contributed by atoms with Crippen LogP contribution in [0.3, 0.4) is 0 Å². The molecule has 0 fully saturated rings. The molecule has 0 aliphatic heterocycles. The van der Waals surface area contributed by atoms with Gasteiger partial charge in [-0.15, -0.1) is 0 Å². The van der Waals surface area contributed by atoms with Crippen molar-refractivity contribution in [3.05, 3.63) is 40.2 Å². The van der Waals surface area contributed by atoms with Gasteiger partial charge in [-0.3, -0.25) is 0 Å². The molecule has 0 unspecified atom stereocenters. The molecule has 0 aliphatic rings. The number of aromatic nitrogens is 2. The summed E-state index contributed by atoms with van der Waals surface area (Å²) in [6.45, 7) is 4.73. The predicted molar refractivity (Wildman–Crippen MR) is 69.0 cm³/mol. The summed E-state index contributed by atoms with van der Waals surface area (Å²) in [5, 5.41) is 0.596. The summed E-state index contributed by atoms with van der Waals surface area (Å²) in [4.78, 5) is 4.34. The Morgan fingerprint density at radius 2 is 2.06 bits per heavy atom. The molecule has 1 aromatic heterocycles. The van der Waals surface area contributed by atoms with E-state index >= 15 is 0 Å². The van der Waals surface area contributed by atoms with Gasteiger partial charge in [-0.25, -0.2) is 4.98 Å². The topological polar surface area (TPSA) is 17.8 Å². The first-order valence-corrected chi connectivity index (χ1v) is 5.80. The number of halogens is 2. The molecule has 0 spiro atoms. The van der Waals surface area contributed by atoms with Crippen molar-refractivity contribution in [3.8, 4) is 0 Å². The maximum Gasteiger partial charge on any atom is 0.0961 e. The molecular formula is C12H12Cl2N2. The fourth-order valence-electron chi connectivity index (χ4n) is 1.64. The monoisotopic (exact) mass is 254 g/mol.